The quantitative estimate of drug-likeness (QED) is 0.325. The summed E-state index contributed by atoms with van der Waals surface area (Å²) < 4.78 is 12.9. The average molecular weight is 452 g/mol. The maximum absolute atomic E-state index is 13.3. The van der Waals surface area contributed by atoms with E-state index in [4.69, 9.17) is 32.7 Å². The van der Waals surface area contributed by atoms with E-state index in [1.54, 1.807) is 42.1 Å². The number of methoxy groups -OCH3 is 1. The smallest absolute Gasteiger partial charge is 0.262 e. The van der Waals surface area contributed by atoms with E-state index in [9.17, 15) is 4.79 Å². The topological polar surface area (TPSA) is 40.5 Å². The van der Waals surface area contributed by atoms with Crippen LogP contribution in [0.25, 0.3) is 11.3 Å². The van der Waals surface area contributed by atoms with E-state index in [1.165, 1.54) is 0 Å². The second-order valence-corrected chi connectivity index (χ2v) is 7.70. The van der Waals surface area contributed by atoms with Gasteiger partial charge in [0.1, 0.15) is 18.1 Å². The molecule has 0 radical (unpaired) electrons. The average Bonchev–Trinajstić information content (AvgIpc) is 3.28. The van der Waals surface area contributed by atoms with E-state index in [0.29, 0.717) is 39.4 Å². The Labute approximate surface area is 190 Å². The number of nitrogens with zero attached hydrogens (tertiary/aromatic N) is 1. The number of carbonyl (C=O) groups excluding carboxylic acids is 1. The molecule has 0 N–H and O–H groups in total. The van der Waals surface area contributed by atoms with Crippen molar-refractivity contribution in [3.63, 3.8) is 0 Å². The first-order chi connectivity index (χ1) is 15.0. The lowest BCUT2D eigenvalue weighted by atomic mass is 10.1. The monoisotopic (exact) mass is 451 g/mol. The van der Waals surface area contributed by atoms with Gasteiger partial charge in [-0.3, -0.25) is 9.36 Å². The molecule has 0 fully saturated rings. The molecule has 4 nitrogen and oxygen atoms in total. The largest absolute Gasteiger partial charge is 0.497 e. The highest BCUT2D eigenvalue weighted by Gasteiger charge is 2.17. The third-order valence-corrected chi connectivity index (χ3v) is 5.38. The molecular weight excluding hydrogens is 433 g/mol. The molecule has 0 aliphatic carbocycles. The van der Waals surface area contributed by atoms with Crippen molar-refractivity contribution in [3.8, 4) is 22.8 Å². The fourth-order valence-corrected chi connectivity index (χ4v) is 3.59. The van der Waals surface area contributed by atoms with E-state index in [1.807, 2.05) is 54.6 Å². The molecule has 3 aromatic carbocycles. The minimum atomic E-state index is -0.213. The second-order valence-electron chi connectivity index (χ2n) is 6.86. The molecule has 0 saturated carbocycles. The van der Waals surface area contributed by atoms with Crippen LogP contribution in [0.1, 0.15) is 15.9 Å². The zero-order chi connectivity index (χ0) is 21.8. The lowest BCUT2D eigenvalue weighted by molar-refractivity contribution is 0.0961. The number of hydrogen-bond acceptors (Lipinski definition) is 3. The number of hydrogen-bond donors (Lipinski definition) is 0. The molecule has 0 saturated heterocycles. The van der Waals surface area contributed by atoms with Crippen LogP contribution in [0, 0.1) is 0 Å². The van der Waals surface area contributed by atoms with Gasteiger partial charge >= 0.3 is 0 Å². The van der Waals surface area contributed by atoms with Crippen molar-refractivity contribution in [2.45, 2.75) is 6.61 Å². The van der Waals surface area contributed by atoms with E-state index >= 15 is 0 Å². The van der Waals surface area contributed by atoms with Crippen molar-refractivity contribution >= 4 is 29.1 Å². The summed E-state index contributed by atoms with van der Waals surface area (Å²) in [6, 6.07) is 23.6. The minimum Gasteiger partial charge on any atom is -0.497 e. The van der Waals surface area contributed by atoms with Crippen LogP contribution in [0.2, 0.25) is 10.0 Å². The first-order valence-corrected chi connectivity index (χ1v) is 10.3. The molecule has 0 atom stereocenters. The summed E-state index contributed by atoms with van der Waals surface area (Å²) in [5, 5.41) is 1.24. The second kappa shape index (κ2) is 9.29. The van der Waals surface area contributed by atoms with Crippen LogP contribution in [0.4, 0.5) is 0 Å². The van der Waals surface area contributed by atoms with Crippen molar-refractivity contribution < 1.29 is 14.3 Å². The SMILES string of the molecule is COc1cc(OCc2ccc(Cl)cc2)cc(C(=O)n2cccc2-c2ccccc2Cl)c1. The highest BCUT2D eigenvalue weighted by Crippen LogP contribution is 2.30. The number of ether oxygens (including phenoxy) is 2. The summed E-state index contributed by atoms with van der Waals surface area (Å²) in [6.45, 7) is 0.340. The number of aromatic nitrogens is 1. The third-order valence-electron chi connectivity index (χ3n) is 4.80. The van der Waals surface area contributed by atoms with E-state index < -0.39 is 0 Å². The predicted octanol–water partition coefficient (Wildman–Crippen LogP) is 6.74. The summed E-state index contributed by atoms with van der Waals surface area (Å²) in [5.41, 5.74) is 2.90. The molecule has 156 valence electrons. The Balaban J connectivity index is 1.63. The van der Waals surface area contributed by atoms with Gasteiger partial charge in [-0.25, -0.2) is 0 Å². The Hall–Kier alpha value is -3.21. The zero-order valence-electron chi connectivity index (χ0n) is 16.7. The molecular formula is C25H19Cl2NO3. The number of benzene rings is 3. The van der Waals surface area contributed by atoms with Gasteiger partial charge in [-0.1, -0.05) is 53.5 Å². The molecule has 0 amide bonds. The van der Waals surface area contributed by atoms with Crippen LogP contribution in [-0.2, 0) is 6.61 Å². The standard InChI is InChI=1S/C25H19Cl2NO3/c1-30-20-13-18(14-21(15-20)31-16-17-8-10-19(26)11-9-17)25(29)28-12-4-7-24(28)22-5-2-3-6-23(22)27/h2-15H,16H2,1H3. The van der Waals surface area contributed by atoms with Crippen molar-refractivity contribution in [3.05, 3.63) is 106 Å². The molecule has 6 heteroatoms. The molecule has 0 aliphatic rings. The van der Waals surface area contributed by atoms with Gasteiger partial charge in [0.25, 0.3) is 5.91 Å². The first kappa shape index (κ1) is 21.0. The van der Waals surface area contributed by atoms with Gasteiger partial charge in [0.05, 0.1) is 12.8 Å². The minimum absolute atomic E-state index is 0.213. The van der Waals surface area contributed by atoms with Gasteiger partial charge in [-0.2, -0.15) is 0 Å². The Morgan fingerprint density at radius 3 is 2.39 bits per heavy atom. The van der Waals surface area contributed by atoms with Gasteiger partial charge in [-0.15, -0.1) is 0 Å². The van der Waals surface area contributed by atoms with Gasteiger partial charge in [0.2, 0.25) is 0 Å². The maximum atomic E-state index is 13.3. The van der Waals surface area contributed by atoms with Crippen molar-refractivity contribution in [1.29, 1.82) is 0 Å². The van der Waals surface area contributed by atoms with E-state index in [0.717, 1.165) is 11.1 Å². The maximum Gasteiger partial charge on any atom is 0.262 e. The normalized spacial score (nSPS) is 10.7. The first-order valence-electron chi connectivity index (χ1n) is 9.58. The molecule has 0 aliphatic heterocycles. The number of rotatable bonds is 6. The number of halogens is 2. The lowest BCUT2D eigenvalue weighted by Crippen LogP contribution is -2.12. The molecule has 4 rings (SSSR count). The molecule has 0 bridgehead atoms. The Kier molecular flexibility index (Phi) is 6.31. The fraction of sp³-hybridized carbons (Fsp3) is 0.0800. The summed E-state index contributed by atoms with van der Waals surface area (Å²) in [6.07, 6.45) is 1.72. The van der Waals surface area contributed by atoms with Crippen molar-refractivity contribution in [2.75, 3.05) is 7.11 Å². The van der Waals surface area contributed by atoms with Crippen LogP contribution in [0.15, 0.2) is 85.1 Å². The van der Waals surface area contributed by atoms with Gasteiger partial charge in [0, 0.05) is 33.4 Å². The molecule has 4 aromatic rings. The lowest BCUT2D eigenvalue weighted by Gasteiger charge is -2.13. The van der Waals surface area contributed by atoms with E-state index in [2.05, 4.69) is 0 Å². The summed E-state index contributed by atoms with van der Waals surface area (Å²) in [7, 11) is 1.55. The van der Waals surface area contributed by atoms with Crippen LogP contribution >= 0.6 is 23.2 Å². The van der Waals surface area contributed by atoms with Crippen molar-refractivity contribution in [2.24, 2.45) is 0 Å². The van der Waals surface area contributed by atoms with Crippen LogP contribution in [-0.4, -0.2) is 17.6 Å². The molecule has 31 heavy (non-hydrogen) atoms. The molecule has 1 aromatic heterocycles. The van der Waals surface area contributed by atoms with Gasteiger partial charge < -0.3 is 9.47 Å². The Bertz CT molecular complexity index is 1220. The molecule has 0 unspecified atom stereocenters. The Morgan fingerprint density at radius 2 is 1.65 bits per heavy atom. The highest BCUT2D eigenvalue weighted by molar-refractivity contribution is 6.33. The Morgan fingerprint density at radius 1 is 0.903 bits per heavy atom. The van der Waals surface area contributed by atoms with Crippen LogP contribution in [0.5, 0.6) is 11.5 Å². The zero-order valence-corrected chi connectivity index (χ0v) is 18.2. The van der Waals surface area contributed by atoms with Crippen LogP contribution in [0.3, 0.4) is 0 Å². The van der Waals surface area contributed by atoms with Crippen LogP contribution < -0.4 is 9.47 Å². The predicted molar refractivity (Wildman–Crippen MR) is 123 cm³/mol. The summed E-state index contributed by atoms with van der Waals surface area (Å²) >= 11 is 12.3. The van der Waals surface area contributed by atoms with Crippen molar-refractivity contribution in [1.82, 2.24) is 4.57 Å². The number of carbonyl (C=O) groups is 1. The molecule has 0 spiro atoms. The van der Waals surface area contributed by atoms with Gasteiger partial charge in [0.15, 0.2) is 0 Å². The van der Waals surface area contributed by atoms with E-state index in [-0.39, 0.29) is 5.91 Å². The third kappa shape index (κ3) is 4.76. The summed E-state index contributed by atoms with van der Waals surface area (Å²) in [4.78, 5) is 13.3. The fourth-order valence-electron chi connectivity index (χ4n) is 3.23. The highest BCUT2D eigenvalue weighted by atomic mass is 35.5. The molecule has 1 heterocycles. The van der Waals surface area contributed by atoms with Gasteiger partial charge in [-0.05, 0) is 48.0 Å². The summed E-state index contributed by atoms with van der Waals surface area (Å²) in [5.74, 6) is 0.850.